The highest BCUT2D eigenvalue weighted by Crippen LogP contribution is 2.26. The van der Waals surface area contributed by atoms with Crippen LogP contribution in [0.3, 0.4) is 0 Å². The minimum absolute atomic E-state index is 0.177. The standard InChI is InChI=1S/C17H16ClN3O4S/c1-10-20-14-8-12(17(22)23)9-15(26(19,24)25)16(14)21(10)7-6-11-2-4-13(18)5-3-11/h2-5,8-9H,6-7H2,1H3,(H,22,23)(H2,19,24,25). The van der Waals surface area contributed by atoms with Gasteiger partial charge in [0.15, 0.2) is 0 Å². The van der Waals surface area contributed by atoms with Gasteiger partial charge in [0.2, 0.25) is 10.0 Å². The van der Waals surface area contributed by atoms with E-state index in [-0.39, 0.29) is 16.0 Å². The number of sulfonamides is 1. The predicted molar refractivity (Wildman–Crippen MR) is 98.0 cm³/mol. The first-order chi connectivity index (χ1) is 12.2. The molecule has 3 N–H and O–H groups in total. The molecule has 1 heterocycles. The maximum absolute atomic E-state index is 12.0. The number of aryl methyl sites for hydroxylation is 3. The van der Waals surface area contributed by atoms with Crippen molar-refractivity contribution >= 4 is 38.6 Å². The molecule has 0 saturated carbocycles. The van der Waals surface area contributed by atoms with Gasteiger partial charge in [-0.2, -0.15) is 0 Å². The monoisotopic (exact) mass is 393 g/mol. The molecule has 3 aromatic rings. The summed E-state index contributed by atoms with van der Waals surface area (Å²) in [6.07, 6.45) is 0.619. The summed E-state index contributed by atoms with van der Waals surface area (Å²) in [6.45, 7) is 2.19. The molecule has 0 aliphatic heterocycles. The normalized spacial score (nSPS) is 11.8. The van der Waals surface area contributed by atoms with Gasteiger partial charge in [-0.3, -0.25) is 0 Å². The maximum Gasteiger partial charge on any atom is 0.335 e. The average molecular weight is 394 g/mol. The van der Waals surface area contributed by atoms with Gasteiger partial charge in [0.25, 0.3) is 0 Å². The largest absolute Gasteiger partial charge is 0.478 e. The number of nitrogens with two attached hydrogens (primary N) is 1. The van der Waals surface area contributed by atoms with E-state index in [2.05, 4.69) is 4.98 Å². The zero-order valence-corrected chi connectivity index (χ0v) is 15.4. The molecule has 0 bridgehead atoms. The Morgan fingerprint density at radius 1 is 1.27 bits per heavy atom. The van der Waals surface area contributed by atoms with Crippen LogP contribution < -0.4 is 5.14 Å². The molecule has 7 nitrogen and oxygen atoms in total. The third kappa shape index (κ3) is 3.57. The van der Waals surface area contributed by atoms with Crippen LogP contribution in [-0.4, -0.2) is 29.0 Å². The molecule has 0 unspecified atom stereocenters. The van der Waals surface area contributed by atoms with Gasteiger partial charge in [0.1, 0.15) is 10.7 Å². The van der Waals surface area contributed by atoms with Gasteiger partial charge < -0.3 is 9.67 Å². The van der Waals surface area contributed by atoms with Crippen molar-refractivity contribution in [2.75, 3.05) is 0 Å². The fourth-order valence-electron chi connectivity index (χ4n) is 2.85. The van der Waals surface area contributed by atoms with Crippen LogP contribution in [0.4, 0.5) is 0 Å². The van der Waals surface area contributed by atoms with E-state index < -0.39 is 16.0 Å². The summed E-state index contributed by atoms with van der Waals surface area (Å²) >= 11 is 5.88. The molecular weight excluding hydrogens is 378 g/mol. The first kappa shape index (κ1) is 18.4. The van der Waals surface area contributed by atoms with Crippen LogP contribution >= 0.6 is 11.6 Å². The summed E-state index contributed by atoms with van der Waals surface area (Å²) in [7, 11) is -4.12. The van der Waals surface area contributed by atoms with E-state index in [1.807, 2.05) is 12.1 Å². The molecule has 136 valence electrons. The van der Waals surface area contributed by atoms with Crippen molar-refractivity contribution in [3.63, 3.8) is 0 Å². The van der Waals surface area contributed by atoms with Gasteiger partial charge in [0, 0.05) is 11.6 Å². The van der Waals surface area contributed by atoms with Crippen LogP contribution in [-0.2, 0) is 23.0 Å². The zero-order chi connectivity index (χ0) is 19.1. The van der Waals surface area contributed by atoms with Gasteiger partial charge in [-0.1, -0.05) is 23.7 Å². The Kier molecular flexibility index (Phi) is 4.74. The predicted octanol–water partition coefficient (Wildman–Crippen LogP) is 2.59. The van der Waals surface area contributed by atoms with Crippen LogP contribution in [0.5, 0.6) is 0 Å². The van der Waals surface area contributed by atoms with Crippen LogP contribution in [0, 0.1) is 6.92 Å². The number of fused-ring (bicyclic) bond motifs is 1. The number of carboxylic acids is 1. The third-order valence-electron chi connectivity index (χ3n) is 4.09. The van der Waals surface area contributed by atoms with E-state index >= 15 is 0 Å². The third-order valence-corrected chi connectivity index (χ3v) is 5.26. The molecule has 0 aliphatic rings. The van der Waals surface area contributed by atoms with Crippen LogP contribution in [0.25, 0.3) is 11.0 Å². The molecule has 0 atom stereocenters. The highest BCUT2D eigenvalue weighted by Gasteiger charge is 2.22. The van der Waals surface area contributed by atoms with Crippen LogP contribution in [0.2, 0.25) is 5.02 Å². The van der Waals surface area contributed by atoms with Crippen molar-refractivity contribution in [3.05, 3.63) is 58.4 Å². The van der Waals surface area contributed by atoms with Gasteiger partial charge >= 0.3 is 5.97 Å². The summed E-state index contributed by atoms with van der Waals surface area (Å²) in [5.41, 5.74) is 1.44. The number of aromatic carboxylic acids is 1. The van der Waals surface area contributed by atoms with Crippen molar-refractivity contribution in [1.29, 1.82) is 0 Å². The number of aromatic nitrogens is 2. The van der Waals surface area contributed by atoms with Gasteiger partial charge in [-0.15, -0.1) is 0 Å². The first-order valence-electron chi connectivity index (χ1n) is 7.68. The van der Waals surface area contributed by atoms with Crippen molar-refractivity contribution in [2.45, 2.75) is 24.8 Å². The second kappa shape index (κ2) is 6.71. The van der Waals surface area contributed by atoms with E-state index in [0.29, 0.717) is 29.3 Å². The lowest BCUT2D eigenvalue weighted by Gasteiger charge is -2.10. The summed E-state index contributed by atoms with van der Waals surface area (Å²) in [5.74, 6) is -0.674. The minimum Gasteiger partial charge on any atom is -0.478 e. The molecule has 1 aromatic heterocycles. The number of hydrogen-bond donors (Lipinski definition) is 2. The molecule has 26 heavy (non-hydrogen) atoms. The Hall–Kier alpha value is -2.42. The molecule has 0 spiro atoms. The van der Waals surface area contributed by atoms with Crippen LogP contribution in [0.1, 0.15) is 21.7 Å². The Balaban J connectivity index is 2.12. The molecular formula is C17H16ClN3O4S. The number of benzene rings is 2. The summed E-state index contributed by atoms with van der Waals surface area (Å²) in [4.78, 5) is 15.3. The Labute approximate surface area is 155 Å². The topological polar surface area (TPSA) is 115 Å². The number of carbonyl (C=O) groups is 1. The fraction of sp³-hybridized carbons (Fsp3) is 0.176. The second-order valence-corrected chi connectivity index (χ2v) is 7.85. The number of primary sulfonamides is 1. The van der Waals surface area contributed by atoms with Crippen molar-refractivity contribution in [1.82, 2.24) is 9.55 Å². The quantitative estimate of drug-likeness (QED) is 0.691. The van der Waals surface area contributed by atoms with Crippen molar-refractivity contribution < 1.29 is 18.3 Å². The lowest BCUT2D eigenvalue weighted by molar-refractivity contribution is 0.0697. The highest BCUT2D eigenvalue weighted by atomic mass is 35.5. The fourth-order valence-corrected chi connectivity index (χ4v) is 3.75. The lowest BCUT2D eigenvalue weighted by Crippen LogP contribution is -2.16. The summed E-state index contributed by atoms with van der Waals surface area (Å²) < 4.78 is 25.8. The van der Waals surface area contributed by atoms with Crippen molar-refractivity contribution in [3.8, 4) is 0 Å². The summed E-state index contributed by atoms with van der Waals surface area (Å²) in [6, 6.07) is 9.76. The minimum atomic E-state index is -4.12. The van der Waals surface area contributed by atoms with Gasteiger partial charge in [-0.05, 0) is 43.2 Å². The molecule has 0 fully saturated rings. The molecule has 0 amide bonds. The Morgan fingerprint density at radius 3 is 2.50 bits per heavy atom. The van der Waals surface area contributed by atoms with Gasteiger partial charge in [0.05, 0.1) is 16.6 Å². The summed E-state index contributed by atoms with van der Waals surface area (Å²) in [5, 5.41) is 15.2. The maximum atomic E-state index is 12.0. The van der Waals surface area contributed by atoms with E-state index in [1.165, 1.54) is 6.07 Å². The molecule has 9 heteroatoms. The average Bonchev–Trinajstić information content (AvgIpc) is 2.87. The number of rotatable bonds is 5. The molecule has 0 aliphatic carbocycles. The van der Waals surface area contributed by atoms with E-state index in [1.54, 1.807) is 23.6 Å². The van der Waals surface area contributed by atoms with Gasteiger partial charge in [-0.25, -0.2) is 23.3 Å². The number of halogens is 1. The smallest absolute Gasteiger partial charge is 0.335 e. The van der Waals surface area contributed by atoms with Crippen LogP contribution in [0.15, 0.2) is 41.3 Å². The number of imidazole rings is 1. The van der Waals surface area contributed by atoms with E-state index in [4.69, 9.17) is 16.7 Å². The second-order valence-electron chi connectivity index (χ2n) is 5.88. The molecule has 0 radical (unpaired) electrons. The highest BCUT2D eigenvalue weighted by molar-refractivity contribution is 7.89. The molecule has 3 rings (SSSR count). The zero-order valence-electron chi connectivity index (χ0n) is 13.8. The number of nitrogens with zero attached hydrogens (tertiary/aromatic N) is 2. The Bertz CT molecular complexity index is 1110. The number of carboxylic acid groups (broad SMARTS) is 1. The number of hydrogen-bond acceptors (Lipinski definition) is 4. The van der Waals surface area contributed by atoms with E-state index in [9.17, 15) is 18.3 Å². The molecule has 2 aromatic carbocycles. The lowest BCUT2D eigenvalue weighted by atomic mass is 10.1. The molecule has 0 saturated heterocycles. The Morgan fingerprint density at radius 2 is 1.92 bits per heavy atom. The van der Waals surface area contributed by atoms with E-state index in [0.717, 1.165) is 11.6 Å². The van der Waals surface area contributed by atoms with Crippen molar-refractivity contribution in [2.24, 2.45) is 5.14 Å². The first-order valence-corrected chi connectivity index (χ1v) is 9.60. The SMILES string of the molecule is Cc1nc2cc(C(=O)O)cc(S(N)(=O)=O)c2n1CCc1ccc(Cl)cc1.